The van der Waals surface area contributed by atoms with Gasteiger partial charge in [-0.05, 0) is 29.3 Å². The van der Waals surface area contributed by atoms with Crippen LogP contribution in [0.3, 0.4) is 0 Å². The van der Waals surface area contributed by atoms with Crippen LogP contribution in [-0.2, 0) is 0 Å². The van der Waals surface area contributed by atoms with E-state index < -0.39 is 15.6 Å². The van der Waals surface area contributed by atoms with Crippen LogP contribution in [0.2, 0.25) is 0 Å². The standard InChI is InChI=1S/C14H10N2O5/c17-14-8-5-11(9-13(14)16(20)21)2-1-10-3-6-12(7-4-10)15(18)19/h1-9,17H/b2-1+. The van der Waals surface area contributed by atoms with Gasteiger partial charge in [-0.1, -0.05) is 18.2 Å². The predicted octanol–water partition coefficient (Wildman–Crippen LogP) is 3.38. The molecule has 0 saturated carbocycles. The first kappa shape index (κ1) is 14.2. The first-order chi connectivity index (χ1) is 9.97. The van der Waals surface area contributed by atoms with Crippen molar-refractivity contribution in [3.05, 3.63) is 73.8 Å². The van der Waals surface area contributed by atoms with Crippen LogP contribution in [0.4, 0.5) is 11.4 Å². The first-order valence-electron chi connectivity index (χ1n) is 5.87. The lowest BCUT2D eigenvalue weighted by Gasteiger charge is -1.98. The minimum absolute atomic E-state index is 0.00702. The van der Waals surface area contributed by atoms with Gasteiger partial charge in [0.25, 0.3) is 5.69 Å². The van der Waals surface area contributed by atoms with E-state index in [0.717, 1.165) is 5.56 Å². The number of aromatic hydroxyl groups is 1. The second-order valence-electron chi connectivity index (χ2n) is 4.19. The minimum Gasteiger partial charge on any atom is -0.502 e. The van der Waals surface area contributed by atoms with E-state index >= 15 is 0 Å². The van der Waals surface area contributed by atoms with Gasteiger partial charge in [-0.2, -0.15) is 0 Å². The molecule has 0 aliphatic carbocycles. The van der Waals surface area contributed by atoms with Crippen LogP contribution >= 0.6 is 0 Å². The van der Waals surface area contributed by atoms with Crippen molar-refractivity contribution in [2.45, 2.75) is 0 Å². The maximum Gasteiger partial charge on any atom is 0.311 e. The summed E-state index contributed by atoms with van der Waals surface area (Å²) in [6, 6.07) is 9.92. The highest BCUT2D eigenvalue weighted by Gasteiger charge is 2.12. The summed E-state index contributed by atoms with van der Waals surface area (Å²) >= 11 is 0. The summed E-state index contributed by atoms with van der Waals surface area (Å²) in [5, 5.41) is 30.6. The molecular weight excluding hydrogens is 276 g/mol. The SMILES string of the molecule is O=[N+]([O-])c1ccc(/C=C/c2ccc(O)c([N+](=O)[O-])c2)cc1. The quantitative estimate of drug-likeness (QED) is 0.526. The molecule has 0 radical (unpaired) electrons. The lowest BCUT2D eigenvalue weighted by Crippen LogP contribution is -1.89. The second kappa shape index (κ2) is 5.83. The van der Waals surface area contributed by atoms with Crippen LogP contribution in [0.25, 0.3) is 12.2 Å². The summed E-state index contributed by atoms with van der Waals surface area (Å²) in [6.45, 7) is 0. The molecule has 0 amide bonds. The number of rotatable bonds is 4. The zero-order valence-corrected chi connectivity index (χ0v) is 10.7. The molecule has 0 unspecified atom stereocenters. The predicted molar refractivity (Wildman–Crippen MR) is 76.8 cm³/mol. The van der Waals surface area contributed by atoms with Crippen molar-refractivity contribution >= 4 is 23.5 Å². The van der Waals surface area contributed by atoms with Crippen molar-refractivity contribution in [1.29, 1.82) is 0 Å². The number of nitro groups is 2. The van der Waals surface area contributed by atoms with E-state index in [-0.39, 0.29) is 11.4 Å². The molecule has 106 valence electrons. The van der Waals surface area contributed by atoms with Gasteiger partial charge in [-0.3, -0.25) is 20.2 Å². The zero-order valence-electron chi connectivity index (χ0n) is 10.7. The summed E-state index contributed by atoms with van der Waals surface area (Å²) in [5.74, 6) is -0.396. The Bertz CT molecular complexity index is 723. The van der Waals surface area contributed by atoms with Crippen molar-refractivity contribution in [3.63, 3.8) is 0 Å². The smallest absolute Gasteiger partial charge is 0.311 e. The number of non-ortho nitro benzene ring substituents is 1. The van der Waals surface area contributed by atoms with Crippen LogP contribution in [0.1, 0.15) is 11.1 Å². The van der Waals surface area contributed by atoms with E-state index in [2.05, 4.69) is 0 Å². The molecule has 0 saturated heterocycles. The number of phenols is 1. The maximum atomic E-state index is 10.7. The third-order valence-corrected chi connectivity index (χ3v) is 2.77. The van der Waals surface area contributed by atoms with Crippen molar-refractivity contribution in [2.24, 2.45) is 0 Å². The number of nitrogens with zero attached hydrogens (tertiary/aromatic N) is 2. The summed E-state index contributed by atoms with van der Waals surface area (Å²) in [7, 11) is 0. The average molecular weight is 286 g/mol. The number of hydrogen-bond acceptors (Lipinski definition) is 5. The normalized spacial score (nSPS) is 10.7. The van der Waals surface area contributed by atoms with Crippen LogP contribution < -0.4 is 0 Å². The lowest BCUT2D eigenvalue weighted by molar-refractivity contribution is -0.385. The third-order valence-electron chi connectivity index (χ3n) is 2.77. The molecule has 0 aliphatic heterocycles. The Morgan fingerprint density at radius 1 is 0.857 bits per heavy atom. The van der Waals surface area contributed by atoms with E-state index in [9.17, 15) is 25.3 Å². The molecule has 0 bridgehead atoms. The average Bonchev–Trinajstić information content (AvgIpc) is 2.46. The van der Waals surface area contributed by atoms with Crippen LogP contribution in [0, 0.1) is 20.2 Å². The molecule has 0 heterocycles. The van der Waals surface area contributed by atoms with Gasteiger partial charge in [-0.25, -0.2) is 0 Å². The van der Waals surface area contributed by atoms with E-state index in [1.54, 1.807) is 24.3 Å². The largest absolute Gasteiger partial charge is 0.502 e. The maximum absolute atomic E-state index is 10.7. The van der Waals surface area contributed by atoms with E-state index in [4.69, 9.17) is 0 Å². The molecule has 1 N–H and O–H groups in total. The molecule has 2 aromatic carbocycles. The Labute approximate surface area is 119 Å². The Kier molecular flexibility index (Phi) is 3.94. The van der Waals surface area contributed by atoms with Gasteiger partial charge in [0.1, 0.15) is 0 Å². The molecule has 2 aromatic rings. The summed E-state index contributed by atoms with van der Waals surface area (Å²) in [5.41, 5.74) is 0.877. The number of benzene rings is 2. The fraction of sp³-hybridized carbons (Fsp3) is 0. The van der Waals surface area contributed by atoms with Crippen molar-refractivity contribution < 1.29 is 15.0 Å². The summed E-state index contributed by atoms with van der Waals surface area (Å²) in [4.78, 5) is 20.1. The van der Waals surface area contributed by atoms with Crippen LogP contribution in [-0.4, -0.2) is 15.0 Å². The summed E-state index contributed by atoms with van der Waals surface area (Å²) < 4.78 is 0. The highest BCUT2D eigenvalue weighted by atomic mass is 16.6. The Balaban J connectivity index is 2.23. The number of phenolic OH excluding ortho intramolecular Hbond substituents is 1. The molecule has 7 heteroatoms. The summed E-state index contributed by atoms with van der Waals surface area (Å²) in [6.07, 6.45) is 3.29. The van der Waals surface area contributed by atoms with Crippen LogP contribution in [0.15, 0.2) is 42.5 Å². The fourth-order valence-electron chi connectivity index (χ4n) is 1.69. The van der Waals surface area contributed by atoms with Gasteiger partial charge >= 0.3 is 5.69 Å². The van der Waals surface area contributed by atoms with Gasteiger partial charge in [-0.15, -0.1) is 0 Å². The van der Waals surface area contributed by atoms with Gasteiger partial charge < -0.3 is 5.11 Å². The zero-order chi connectivity index (χ0) is 15.4. The molecule has 0 aromatic heterocycles. The minimum atomic E-state index is -0.668. The topological polar surface area (TPSA) is 107 Å². The Morgan fingerprint density at radius 3 is 2.00 bits per heavy atom. The number of nitro benzene ring substituents is 2. The van der Waals surface area contributed by atoms with Crippen molar-refractivity contribution in [3.8, 4) is 5.75 Å². The highest BCUT2D eigenvalue weighted by Crippen LogP contribution is 2.27. The van der Waals surface area contributed by atoms with Gasteiger partial charge in [0.05, 0.1) is 9.85 Å². The molecule has 0 spiro atoms. The number of hydrogen-bond donors (Lipinski definition) is 1. The van der Waals surface area contributed by atoms with E-state index in [0.29, 0.717) is 5.56 Å². The Morgan fingerprint density at radius 2 is 1.43 bits per heavy atom. The second-order valence-corrected chi connectivity index (χ2v) is 4.19. The molecule has 2 rings (SSSR count). The molecular formula is C14H10N2O5. The van der Waals surface area contributed by atoms with Gasteiger partial charge in [0.15, 0.2) is 5.75 Å². The Hall–Kier alpha value is -3.22. The lowest BCUT2D eigenvalue weighted by atomic mass is 10.1. The molecule has 0 fully saturated rings. The molecule has 21 heavy (non-hydrogen) atoms. The first-order valence-corrected chi connectivity index (χ1v) is 5.87. The van der Waals surface area contributed by atoms with Gasteiger partial charge in [0, 0.05) is 18.2 Å². The van der Waals surface area contributed by atoms with Crippen LogP contribution in [0.5, 0.6) is 5.75 Å². The molecule has 0 aliphatic rings. The fourth-order valence-corrected chi connectivity index (χ4v) is 1.69. The van der Waals surface area contributed by atoms with E-state index in [1.807, 2.05) is 0 Å². The van der Waals surface area contributed by atoms with E-state index in [1.165, 1.54) is 30.3 Å². The molecule has 0 atom stereocenters. The molecule has 7 nitrogen and oxygen atoms in total. The highest BCUT2D eigenvalue weighted by molar-refractivity contribution is 5.71. The third kappa shape index (κ3) is 3.41. The van der Waals surface area contributed by atoms with Gasteiger partial charge in [0.2, 0.25) is 0 Å². The van der Waals surface area contributed by atoms with Crippen molar-refractivity contribution in [1.82, 2.24) is 0 Å². The monoisotopic (exact) mass is 286 g/mol. The van der Waals surface area contributed by atoms with Crippen molar-refractivity contribution in [2.75, 3.05) is 0 Å².